The number of thiol groups is 1. The van der Waals surface area contributed by atoms with Crippen LogP contribution in [0.4, 0.5) is 0 Å². The van der Waals surface area contributed by atoms with Crippen LogP contribution in [0.15, 0.2) is 0 Å². The molecule has 0 amide bonds. The average molecular weight is 201 g/mol. The second-order valence-corrected chi connectivity index (χ2v) is 4.70. The van der Waals surface area contributed by atoms with Crippen LogP contribution in [0.5, 0.6) is 0 Å². The maximum atomic E-state index is 4.39. The van der Waals surface area contributed by atoms with Crippen LogP contribution in [0.25, 0.3) is 0 Å². The van der Waals surface area contributed by atoms with Crippen molar-refractivity contribution in [2.24, 2.45) is 5.92 Å². The van der Waals surface area contributed by atoms with E-state index in [9.17, 15) is 0 Å². The van der Waals surface area contributed by atoms with Gasteiger partial charge in [-0.2, -0.15) is 12.6 Å². The molecule has 0 heterocycles. The van der Waals surface area contributed by atoms with Crippen molar-refractivity contribution in [2.75, 3.05) is 19.3 Å². The second-order valence-electron chi connectivity index (χ2n) is 4.33. The van der Waals surface area contributed by atoms with Gasteiger partial charge in [-0.05, 0) is 31.6 Å². The van der Waals surface area contributed by atoms with Crippen molar-refractivity contribution in [2.45, 2.75) is 45.1 Å². The highest BCUT2D eigenvalue weighted by atomic mass is 32.1. The highest BCUT2D eigenvalue weighted by Crippen LogP contribution is 2.23. The van der Waals surface area contributed by atoms with Gasteiger partial charge >= 0.3 is 0 Å². The van der Waals surface area contributed by atoms with Crippen LogP contribution in [0.1, 0.15) is 39.0 Å². The molecule has 1 nitrogen and oxygen atoms in total. The summed E-state index contributed by atoms with van der Waals surface area (Å²) in [5.41, 5.74) is 0. The Morgan fingerprint density at radius 2 is 2.00 bits per heavy atom. The Balaban J connectivity index is 2.25. The molecule has 0 saturated heterocycles. The summed E-state index contributed by atoms with van der Waals surface area (Å²) in [5.74, 6) is 1.82. The Kier molecular flexibility index (Phi) is 5.18. The molecular formula is C11H23NS. The van der Waals surface area contributed by atoms with Gasteiger partial charge in [0.1, 0.15) is 0 Å². The van der Waals surface area contributed by atoms with E-state index in [2.05, 4.69) is 31.5 Å². The van der Waals surface area contributed by atoms with Gasteiger partial charge in [-0.15, -0.1) is 0 Å². The lowest BCUT2D eigenvalue weighted by Crippen LogP contribution is -2.34. The molecular weight excluding hydrogens is 178 g/mol. The van der Waals surface area contributed by atoms with E-state index in [1.807, 2.05) is 0 Å². The molecule has 1 aliphatic carbocycles. The van der Waals surface area contributed by atoms with Crippen LogP contribution in [0, 0.1) is 5.92 Å². The minimum absolute atomic E-state index is 0.786. The van der Waals surface area contributed by atoms with E-state index in [1.165, 1.54) is 38.6 Å². The molecule has 1 aliphatic rings. The van der Waals surface area contributed by atoms with Gasteiger partial charge < -0.3 is 4.90 Å². The standard InChI is InChI=1S/C11H23NS/c1-3-10(9-13)8-12(2)11-6-4-5-7-11/h10-11,13H,3-9H2,1-2H3. The van der Waals surface area contributed by atoms with E-state index in [-0.39, 0.29) is 0 Å². The van der Waals surface area contributed by atoms with Crippen molar-refractivity contribution in [3.05, 3.63) is 0 Å². The fourth-order valence-corrected chi connectivity index (χ4v) is 2.59. The molecule has 0 aromatic carbocycles. The van der Waals surface area contributed by atoms with Crippen LogP contribution in [0.2, 0.25) is 0 Å². The molecule has 78 valence electrons. The predicted octanol–water partition coefficient (Wildman–Crippen LogP) is 2.82. The first kappa shape index (κ1) is 11.4. The third kappa shape index (κ3) is 3.51. The second kappa shape index (κ2) is 5.92. The van der Waals surface area contributed by atoms with Crippen molar-refractivity contribution in [1.29, 1.82) is 0 Å². The maximum Gasteiger partial charge on any atom is 0.00923 e. The minimum atomic E-state index is 0.786. The molecule has 1 unspecified atom stereocenters. The smallest absolute Gasteiger partial charge is 0.00923 e. The molecule has 0 bridgehead atoms. The topological polar surface area (TPSA) is 3.24 Å². The van der Waals surface area contributed by atoms with Crippen molar-refractivity contribution in [3.63, 3.8) is 0 Å². The molecule has 13 heavy (non-hydrogen) atoms. The number of hydrogen-bond donors (Lipinski definition) is 1. The van der Waals surface area contributed by atoms with Gasteiger partial charge in [-0.1, -0.05) is 26.2 Å². The minimum Gasteiger partial charge on any atom is -0.303 e. The summed E-state index contributed by atoms with van der Waals surface area (Å²) in [4.78, 5) is 2.55. The van der Waals surface area contributed by atoms with Crippen molar-refractivity contribution < 1.29 is 0 Å². The summed E-state index contributed by atoms with van der Waals surface area (Å²) in [5, 5.41) is 0. The highest BCUT2D eigenvalue weighted by molar-refractivity contribution is 7.80. The van der Waals surface area contributed by atoms with E-state index in [0.29, 0.717) is 0 Å². The Labute approximate surface area is 88.3 Å². The summed E-state index contributed by atoms with van der Waals surface area (Å²) in [6.07, 6.45) is 6.97. The third-order valence-corrected chi connectivity index (χ3v) is 3.85. The third-order valence-electron chi connectivity index (χ3n) is 3.33. The molecule has 0 aromatic rings. The first-order chi connectivity index (χ1) is 6.27. The summed E-state index contributed by atoms with van der Waals surface area (Å²) in [6, 6.07) is 0.869. The SMILES string of the molecule is CCC(CS)CN(C)C1CCCC1. The van der Waals surface area contributed by atoms with E-state index in [0.717, 1.165) is 17.7 Å². The monoisotopic (exact) mass is 201 g/mol. The summed E-state index contributed by atoms with van der Waals surface area (Å²) < 4.78 is 0. The zero-order valence-corrected chi connectivity index (χ0v) is 9.89. The normalized spacial score (nSPS) is 21.2. The zero-order valence-electron chi connectivity index (χ0n) is 9.00. The van der Waals surface area contributed by atoms with Crippen LogP contribution >= 0.6 is 12.6 Å². The quantitative estimate of drug-likeness (QED) is 0.669. The van der Waals surface area contributed by atoms with E-state index >= 15 is 0 Å². The molecule has 0 N–H and O–H groups in total. The van der Waals surface area contributed by atoms with Crippen molar-refractivity contribution in [3.8, 4) is 0 Å². The molecule has 0 aromatic heterocycles. The Bertz CT molecular complexity index is 128. The highest BCUT2D eigenvalue weighted by Gasteiger charge is 2.20. The molecule has 1 saturated carbocycles. The lowest BCUT2D eigenvalue weighted by molar-refractivity contribution is 0.214. The lowest BCUT2D eigenvalue weighted by Gasteiger charge is -2.27. The predicted molar refractivity (Wildman–Crippen MR) is 62.5 cm³/mol. The zero-order chi connectivity index (χ0) is 9.68. The van der Waals surface area contributed by atoms with Gasteiger partial charge in [-0.25, -0.2) is 0 Å². The van der Waals surface area contributed by atoms with E-state index in [1.54, 1.807) is 0 Å². The van der Waals surface area contributed by atoms with Crippen molar-refractivity contribution >= 4 is 12.6 Å². The first-order valence-corrected chi connectivity index (χ1v) is 6.22. The van der Waals surface area contributed by atoms with Crippen LogP contribution in [-0.4, -0.2) is 30.3 Å². The Morgan fingerprint density at radius 3 is 2.46 bits per heavy atom. The Hall–Kier alpha value is 0.310. The van der Waals surface area contributed by atoms with Gasteiger partial charge in [0.2, 0.25) is 0 Å². The van der Waals surface area contributed by atoms with Gasteiger partial charge in [0.15, 0.2) is 0 Å². The van der Waals surface area contributed by atoms with Crippen LogP contribution in [-0.2, 0) is 0 Å². The van der Waals surface area contributed by atoms with Gasteiger partial charge in [0.05, 0.1) is 0 Å². The summed E-state index contributed by atoms with van der Waals surface area (Å²) in [6.45, 7) is 3.51. The lowest BCUT2D eigenvalue weighted by atomic mass is 10.1. The van der Waals surface area contributed by atoms with Crippen LogP contribution in [0.3, 0.4) is 0 Å². The molecule has 1 rings (SSSR count). The molecule has 0 spiro atoms. The molecule has 0 radical (unpaired) electrons. The largest absolute Gasteiger partial charge is 0.303 e. The molecule has 1 fully saturated rings. The molecule has 0 aliphatic heterocycles. The average Bonchev–Trinajstić information content (AvgIpc) is 2.66. The Morgan fingerprint density at radius 1 is 1.38 bits per heavy atom. The maximum absolute atomic E-state index is 4.39. The first-order valence-electron chi connectivity index (χ1n) is 5.59. The van der Waals surface area contributed by atoms with Gasteiger partial charge in [0, 0.05) is 12.6 Å². The van der Waals surface area contributed by atoms with E-state index in [4.69, 9.17) is 0 Å². The van der Waals surface area contributed by atoms with Crippen LogP contribution < -0.4 is 0 Å². The molecule has 2 heteroatoms. The fraction of sp³-hybridized carbons (Fsp3) is 1.00. The van der Waals surface area contributed by atoms with E-state index < -0.39 is 0 Å². The van der Waals surface area contributed by atoms with Gasteiger partial charge in [0.25, 0.3) is 0 Å². The number of hydrogen-bond acceptors (Lipinski definition) is 2. The summed E-state index contributed by atoms with van der Waals surface area (Å²) >= 11 is 4.39. The molecule has 1 atom stereocenters. The summed E-state index contributed by atoms with van der Waals surface area (Å²) in [7, 11) is 2.28. The van der Waals surface area contributed by atoms with Gasteiger partial charge in [-0.3, -0.25) is 0 Å². The number of nitrogens with zero attached hydrogens (tertiary/aromatic N) is 1. The fourth-order valence-electron chi connectivity index (χ4n) is 2.22. The number of rotatable bonds is 5. The van der Waals surface area contributed by atoms with Crippen molar-refractivity contribution in [1.82, 2.24) is 4.90 Å².